The van der Waals surface area contributed by atoms with Crippen LogP contribution < -0.4 is 9.80 Å². The second-order valence-electron chi connectivity index (χ2n) is 6.79. The van der Waals surface area contributed by atoms with Gasteiger partial charge in [-0.1, -0.05) is 26.0 Å². The summed E-state index contributed by atoms with van der Waals surface area (Å²) >= 11 is 0. The minimum atomic E-state index is -0.169. The minimum Gasteiger partial charge on any atom is -0.324 e. The minimum absolute atomic E-state index is 0.0146. The molecule has 2 saturated heterocycles. The van der Waals surface area contributed by atoms with E-state index in [-0.39, 0.29) is 17.9 Å². The topological polar surface area (TPSA) is 41.8 Å². The van der Waals surface area contributed by atoms with E-state index in [1.165, 1.54) is 21.8 Å². The summed E-state index contributed by atoms with van der Waals surface area (Å²) in [6.07, 6.45) is 3.94. The molecular formula is C18H25N2O2+. The molecule has 0 radical (unpaired) electrons. The molecule has 0 spiro atoms. The van der Waals surface area contributed by atoms with Crippen LogP contribution in [0.1, 0.15) is 51.0 Å². The van der Waals surface area contributed by atoms with Crippen LogP contribution >= 0.6 is 0 Å². The normalized spacial score (nSPS) is 23.6. The molecule has 1 aromatic carbocycles. The highest BCUT2D eigenvalue weighted by molar-refractivity contribution is 6.21. The quantitative estimate of drug-likeness (QED) is 0.860. The van der Waals surface area contributed by atoms with Crippen molar-refractivity contribution in [1.82, 2.24) is 0 Å². The summed E-state index contributed by atoms with van der Waals surface area (Å²) in [5.41, 5.74) is 1.94. The fourth-order valence-electron chi connectivity index (χ4n) is 3.58. The zero-order valence-corrected chi connectivity index (χ0v) is 13.5. The van der Waals surface area contributed by atoms with Gasteiger partial charge in [0.05, 0.1) is 25.2 Å². The second kappa shape index (κ2) is 6.21. The number of quaternary nitrogens is 1. The number of anilines is 1. The van der Waals surface area contributed by atoms with E-state index in [0.717, 1.165) is 31.6 Å². The maximum absolute atomic E-state index is 12.7. The number of rotatable bonds is 3. The molecule has 0 aromatic heterocycles. The standard InChI is InChI=1S/C18H24N2O2/c1-13(2)14-6-8-15(9-7-14)20-17(21)12-16(18(20)22)19-10-4-3-5-11-19/h6-9,13,16H,3-5,10-12H2,1-2H3/p+1/t16-/m0/s1. The van der Waals surface area contributed by atoms with Crippen LogP contribution in [0.5, 0.6) is 0 Å². The largest absolute Gasteiger partial charge is 0.324 e. The zero-order chi connectivity index (χ0) is 15.7. The maximum Gasteiger partial charge on any atom is 0.292 e. The molecule has 2 heterocycles. The van der Waals surface area contributed by atoms with Gasteiger partial charge in [-0.25, -0.2) is 4.90 Å². The summed E-state index contributed by atoms with van der Waals surface area (Å²) in [6.45, 7) is 6.31. The van der Waals surface area contributed by atoms with E-state index in [1.54, 1.807) is 0 Å². The molecule has 118 valence electrons. The smallest absolute Gasteiger partial charge is 0.292 e. The Morgan fingerprint density at radius 2 is 1.68 bits per heavy atom. The Labute approximate surface area is 132 Å². The summed E-state index contributed by atoms with van der Waals surface area (Å²) in [5, 5.41) is 0. The molecule has 1 N–H and O–H groups in total. The Kier molecular flexibility index (Phi) is 4.30. The Balaban J connectivity index is 1.78. The fraction of sp³-hybridized carbons (Fsp3) is 0.556. The second-order valence-corrected chi connectivity index (χ2v) is 6.79. The first kappa shape index (κ1) is 15.2. The maximum atomic E-state index is 12.7. The lowest BCUT2D eigenvalue weighted by atomic mass is 10.0. The van der Waals surface area contributed by atoms with Crippen molar-refractivity contribution in [1.29, 1.82) is 0 Å². The van der Waals surface area contributed by atoms with Crippen molar-refractivity contribution in [2.45, 2.75) is 51.5 Å². The molecule has 0 bridgehead atoms. The Bertz CT molecular complexity index is 559. The first-order valence-electron chi connectivity index (χ1n) is 8.39. The number of carbonyl (C=O) groups is 2. The molecule has 4 heteroatoms. The number of benzene rings is 1. The van der Waals surface area contributed by atoms with E-state index in [9.17, 15) is 9.59 Å². The fourth-order valence-corrected chi connectivity index (χ4v) is 3.58. The first-order valence-corrected chi connectivity index (χ1v) is 8.39. The van der Waals surface area contributed by atoms with Gasteiger partial charge < -0.3 is 4.90 Å². The zero-order valence-electron chi connectivity index (χ0n) is 13.5. The van der Waals surface area contributed by atoms with Gasteiger partial charge in [-0.05, 0) is 42.9 Å². The lowest BCUT2D eigenvalue weighted by molar-refractivity contribution is -0.919. The number of piperidine rings is 1. The van der Waals surface area contributed by atoms with E-state index in [1.807, 2.05) is 24.3 Å². The Morgan fingerprint density at radius 3 is 2.27 bits per heavy atom. The van der Waals surface area contributed by atoms with Crippen LogP contribution in [0.4, 0.5) is 5.69 Å². The molecule has 1 atom stereocenters. The van der Waals surface area contributed by atoms with Crippen molar-refractivity contribution >= 4 is 17.5 Å². The van der Waals surface area contributed by atoms with Gasteiger partial charge in [0.2, 0.25) is 5.91 Å². The van der Waals surface area contributed by atoms with E-state index < -0.39 is 0 Å². The Morgan fingerprint density at radius 1 is 1.05 bits per heavy atom. The van der Waals surface area contributed by atoms with Gasteiger partial charge in [0.1, 0.15) is 0 Å². The van der Waals surface area contributed by atoms with Crippen LogP contribution in [0.2, 0.25) is 0 Å². The van der Waals surface area contributed by atoms with Gasteiger partial charge in [0, 0.05) is 0 Å². The Hall–Kier alpha value is -1.68. The van der Waals surface area contributed by atoms with E-state index in [2.05, 4.69) is 13.8 Å². The van der Waals surface area contributed by atoms with E-state index in [4.69, 9.17) is 0 Å². The number of likely N-dealkylation sites (tertiary alicyclic amines) is 1. The van der Waals surface area contributed by atoms with Crippen LogP contribution in [0.3, 0.4) is 0 Å². The summed E-state index contributed by atoms with van der Waals surface area (Å²) in [4.78, 5) is 27.8. The van der Waals surface area contributed by atoms with Crippen molar-refractivity contribution in [3.8, 4) is 0 Å². The molecule has 4 nitrogen and oxygen atoms in total. The van der Waals surface area contributed by atoms with Crippen LogP contribution in [0.15, 0.2) is 24.3 Å². The molecule has 3 rings (SSSR count). The molecular weight excluding hydrogens is 276 g/mol. The van der Waals surface area contributed by atoms with E-state index in [0.29, 0.717) is 12.3 Å². The lowest BCUT2D eigenvalue weighted by Crippen LogP contribution is -3.17. The first-order chi connectivity index (χ1) is 10.6. The molecule has 1 aromatic rings. The molecule has 2 aliphatic rings. The average molecular weight is 301 g/mol. The highest BCUT2D eigenvalue weighted by atomic mass is 16.2. The van der Waals surface area contributed by atoms with Crippen molar-refractivity contribution in [2.75, 3.05) is 18.0 Å². The van der Waals surface area contributed by atoms with Crippen molar-refractivity contribution in [3.05, 3.63) is 29.8 Å². The predicted octanol–water partition coefficient (Wildman–Crippen LogP) is 1.51. The SMILES string of the molecule is CC(C)c1ccc(N2C(=O)C[C@H]([NH+]3CCCCC3)C2=O)cc1. The van der Waals surface area contributed by atoms with Gasteiger partial charge in [-0.3, -0.25) is 9.59 Å². The number of imide groups is 1. The van der Waals surface area contributed by atoms with Gasteiger partial charge in [-0.15, -0.1) is 0 Å². The molecule has 0 aliphatic carbocycles. The molecule has 2 fully saturated rings. The number of hydrogen-bond donors (Lipinski definition) is 1. The third kappa shape index (κ3) is 2.80. The summed E-state index contributed by atoms with van der Waals surface area (Å²) in [7, 11) is 0. The highest BCUT2D eigenvalue weighted by Crippen LogP contribution is 2.24. The molecule has 2 aliphatic heterocycles. The van der Waals surface area contributed by atoms with Crippen molar-refractivity contribution in [3.63, 3.8) is 0 Å². The predicted molar refractivity (Wildman–Crippen MR) is 86.0 cm³/mol. The van der Waals surface area contributed by atoms with Crippen molar-refractivity contribution in [2.24, 2.45) is 0 Å². The summed E-state index contributed by atoms with van der Waals surface area (Å²) in [5.74, 6) is 0.383. The van der Waals surface area contributed by atoms with E-state index >= 15 is 0 Å². The molecule has 0 saturated carbocycles. The lowest BCUT2D eigenvalue weighted by Gasteiger charge is -2.27. The van der Waals surface area contributed by atoms with Gasteiger partial charge in [0.25, 0.3) is 5.91 Å². The number of amides is 2. The molecule has 0 unspecified atom stereocenters. The average Bonchev–Trinajstić information content (AvgIpc) is 2.83. The highest BCUT2D eigenvalue weighted by Gasteiger charge is 2.45. The monoisotopic (exact) mass is 301 g/mol. The third-order valence-corrected chi connectivity index (χ3v) is 4.95. The number of nitrogens with one attached hydrogen (secondary N) is 1. The number of hydrogen-bond acceptors (Lipinski definition) is 2. The number of nitrogens with zero attached hydrogens (tertiary/aromatic N) is 1. The third-order valence-electron chi connectivity index (χ3n) is 4.95. The number of carbonyl (C=O) groups excluding carboxylic acids is 2. The molecule has 2 amide bonds. The van der Waals surface area contributed by atoms with Gasteiger partial charge in [-0.2, -0.15) is 0 Å². The van der Waals surface area contributed by atoms with Crippen LogP contribution in [0, 0.1) is 0 Å². The summed E-state index contributed by atoms with van der Waals surface area (Å²) < 4.78 is 0. The van der Waals surface area contributed by atoms with Crippen LogP contribution in [-0.4, -0.2) is 30.9 Å². The van der Waals surface area contributed by atoms with Gasteiger partial charge >= 0.3 is 0 Å². The van der Waals surface area contributed by atoms with Crippen molar-refractivity contribution < 1.29 is 14.5 Å². The molecule has 22 heavy (non-hydrogen) atoms. The van der Waals surface area contributed by atoms with Crippen LogP contribution in [0.25, 0.3) is 0 Å². The van der Waals surface area contributed by atoms with Gasteiger partial charge in [0.15, 0.2) is 6.04 Å². The summed E-state index contributed by atoms with van der Waals surface area (Å²) in [6, 6.07) is 7.67. The van der Waals surface area contributed by atoms with Crippen LogP contribution in [-0.2, 0) is 9.59 Å².